The molecule has 0 heterocycles. The van der Waals surface area contributed by atoms with E-state index in [0.29, 0.717) is 35.2 Å². The van der Waals surface area contributed by atoms with Crippen LogP contribution < -0.4 is 14.8 Å². The Kier molecular flexibility index (Phi) is 6.87. The van der Waals surface area contributed by atoms with Crippen LogP contribution in [-0.2, 0) is 6.61 Å². The number of nitrogens with one attached hydrogen (secondary N) is 1. The van der Waals surface area contributed by atoms with Gasteiger partial charge in [-0.05, 0) is 54.6 Å². The number of hydrogen-bond acceptors (Lipinski definition) is 3. The third-order valence-electron chi connectivity index (χ3n) is 3.94. The van der Waals surface area contributed by atoms with E-state index in [-0.39, 0.29) is 18.3 Å². The molecular formula is C22H19ClFNO3. The van der Waals surface area contributed by atoms with E-state index < -0.39 is 0 Å². The summed E-state index contributed by atoms with van der Waals surface area (Å²) in [4.78, 5) is 12.2. The Hall–Kier alpha value is -3.05. The van der Waals surface area contributed by atoms with Crippen molar-refractivity contribution in [1.29, 1.82) is 0 Å². The topological polar surface area (TPSA) is 47.6 Å². The zero-order valence-electron chi connectivity index (χ0n) is 15.0. The van der Waals surface area contributed by atoms with Crippen molar-refractivity contribution in [2.45, 2.75) is 6.61 Å². The molecule has 0 saturated heterocycles. The third-order valence-corrected chi connectivity index (χ3v) is 4.31. The van der Waals surface area contributed by atoms with E-state index in [1.54, 1.807) is 36.4 Å². The van der Waals surface area contributed by atoms with Crippen LogP contribution in [0.2, 0.25) is 5.02 Å². The van der Waals surface area contributed by atoms with E-state index in [2.05, 4.69) is 5.32 Å². The number of rotatable bonds is 8. The summed E-state index contributed by atoms with van der Waals surface area (Å²) < 4.78 is 24.0. The van der Waals surface area contributed by atoms with E-state index in [9.17, 15) is 9.18 Å². The van der Waals surface area contributed by atoms with Gasteiger partial charge in [-0.25, -0.2) is 4.39 Å². The summed E-state index contributed by atoms with van der Waals surface area (Å²) in [6.45, 7) is 0.976. The smallest absolute Gasteiger partial charge is 0.251 e. The summed E-state index contributed by atoms with van der Waals surface area (Å²) in [5, 5.41) is 3.42. The lowest BCUT2D eigenvalue weighted by Crippen LogP contribution is -2.28. The van der Waals surface area contributed by atoms with Gasteiger partial charge in [0.15, 0.2) is 0 Å². The molecule has 3 rings (SSSR count). The minimum Gasteiger partial charge on any atom is -0.492 e. The number of halogens is 2. The normalized spacial score (nSPS) is 10.4. The van der Waals surface area contributed by atoms with Gasteiger partial charge in [-0.2, -0.15) is 0 Å². The predicted octanol–water partition coefficient (Wildman–Crippen LogP) is 4.87. The fraction of sp³-hybridized carbons (Fsp3) is 0.136. The molecule has 1 amide bonds. The lowest BCUT2D eigenvalue weighted by molar-refractivity contribution is 0.0947. The number of hydrogen-bond donors (Lipinski definition) is 1. The van der Waals surface area contributed by atoms with E-state index >= 15 is 0 Å². The van der Waals surface area contributed by atoms with Gasteiger partial charge in [0.1, 0.15) is 30.5 Å². The van der Waals surface area contributed by atoms with Crippen molar-refractivity contribution in [2.75, 3.05) is 13.2 Å². The highest BCUT2D eigenvalue weighted by molar-refractivity contribution is 6.31. The molecule has 0 aromatic heterocycles. The molecule has 1 N–H and O–H groups in total. The van der Waals surface area contributed by atoms with Crippen LogP contribution in [0.3, 0.4) is 0 Å². The van der Waals surface area contributed by atoms with E-state index in [1.807, 2.05) is 24.3 Å². The molecule has 0 fully saturated rings. The summed E-state index contributed by atoms with van der Waals surface area (Å²) in [5.41, 5.74) is 1.42. The molecule has 144 valence electrons. The van der Waals surface area contributed by atoms with Crippen molar-refractivity contribution >= 4 is 17.5 Å². The van der Waals surface area contributed by atoms with Gasteiger partial charge in [-0.1, -0.05) is 29.8 Å². The van der Waals surface area contributed by atoms with Gasteiger partial charge in [0.25, 0.3) is 5.91 Å². The molecule has 0 saturated carbocycles. The Balaban J connectivity index is 1.43. The maximum Gasteiger partial charge on any atom is 0.251 e. The molecule has 0 atom stereocenters. The molecule has 4 nitrogen and oxygen atoms in total. The average molecular weight is 400 g/mol. The summed E-state index contributed by atoms with van der Waals surface area (Å²) in [6, 6.07) is 20.1. The summed E-state index contributed by atoms with van der Waals surface area (Å²) in [6.07, 6.45) is 0. The Morgan fingerprint density at radius 2 is 1.54 bits per heavy atom. The van der Waals surface area contributed by atoms with Gasteiger partial charge in [0.05, 0.1) is 6.54 Å². The van der Waals surface area contributed by atoms with E-state index in [0.717, 1.165) is 5.56 Å². The maximum atomic E-state index is 12.8. The van der Waals surface area contributed by atoms with Crippen molar-refractivity contribution in [3.8, 4) is 11.5 Å². The second kappa shape index (κ2) is 9.76. The van der Waals surface area contributed by atoms with Crippen molar-refractivity contribution in [3.05, 3.63) is 94.8 Å². The SMILES string of the molecule is O=C(NCCOc1ccc(F)cc1)c1ccc(OCc2ccccc2Cl)cc1. The molecule has 0 aliphatic rings. The summed E-state index contributed by atoms with van der Waals surface area (Å²) in [5.74, 6) is 0.673. The zero-order chi connectivity index (χ0) is 19.8. The molecule has 3 aromatic carbocycles. The van der Waals surface area contributed by atoms with Crippen LogP contribution in [0, 0.1) is 5.82 Å². The number of carbonyl (C=O) groups excluding carboxylic acids is 1. The highest BCUT2D eigenvalue weighted by Crippen LogP contribution is 2.19. The molecule has 0 aliphatic heterocycles. The zero-order valence-corrected chi connectivity index (χ0v) is 15.8. The van der Waals surface area contributed by atoms with Crippen molar-refractivity contribution in [2.24, 2.45) is 0 Å². The van der Waals surface area contributed by atoms with Gasteiger partial charge >= 0.3 is 0 Å². The second-order valence-electron chi connectivity index (χ2n) is 5.96. The molecular weight excluding hydrogens is 381 g/mol. The fourth-order valence-corrected chi connectivity index (χ4v) is 2.64. The summed E-state index contributed by atoms with van der Waals surface area (Å²) in [7, 11) is 0. The van der Waals surface area contributed by atoms with E-state index in [1.165, 1.54) is 12.1 Å². The standard InChI is InChI=1S/C22H19ClFNO3/c23-21-4-2-1-3-17(21)15-28-20-9-5-16(6-10-20)22(26)25-13-14-27-19-11-7-18(24)8-12-19/h1-12H,13-15H2,(H,25,26). The van der Waals surface area contributed by atoms with E-state index in [4.69, 9.17) is 21.1 Å². The fourth-order valence-electron chi connectivity index (χ4n) is 2.45. The van der Waals surface area contributed by atoms with Gasteiger partial charge in [-0.3, -0.25) is 4.79 Å². The Labute approximate surface area is 167 Å². The lowest BCUT2D eigenvalue weighted by atomic mass is 10.2. The van der Waals surface area contributed by atoms with Gasteiger partial charge in [-0.15, -0.1) is 0 Å². The minimum absolute atomic E-state index is 0.208. The summed E-state index contributed by atoms with van der Waals surface area (Å²) >= 11 is 6.10. The van der Waals surface area contributed by atoms with Crippen LogP contribution in [-0.4, -0.2) is 19.1 Å². The first-order valence-electron chi connectivity index (χ1n) is 8.74. The predicted molar refractivity (Wildman–Crippen MR) is 106 cm³/mol. The van der Waals surface area contributed by atoms with Crippen LogP contribution in [0.25, 0.3) is 0 Å². The molecule has 0 unspecified atom stereocenters. The first-order valence-corrected chi connectivity index (χ1v) is 9.12. The molecule has 3 aromatic rings. The lowest BCUT2D eigenvalue weighted by Gasteiger charge is -2.10. The first-order chi connectivity index (χ1) is 13.6. The molecule has 0 spiro atoms. The molecule has 0 radical (unpaired) electrons. The van der Waals surface area contributed by atoms with Gasteiger partial charge in [0, 0.05) is 16.1 Å². The van der Waals surface area contributed by atoms with Crippen LogP contribution >= 0.6 is 11.6 Å². The second-order valence-corrected chi connectivity index (χ2v) is 6.37. The maximum absolute atomic E-state index is 12.8. The van der Waals surface area contributed by atoms with Crippen molar-refractivity contribution in [3.63, 3.8) is 0 Å². The average Bonchev–Trinajstić information content (AvgIpc) is 2.72. The molecule has 0 bridgehead atoms. The Bertz CT molecular complexity index is 914. The van der Waals surface area contributed by atoms with Crippen LogP contribution in [0.15, 0.2) is 72.8 Å². The van der Waals surface area contributed by atoms with Crippen LogP contribution in [0.5, 0.6) is 11.5 Å². The molecule has 6 heteroatoms. The van der Waals surface area contributed by atoms with Crippen LogP contribution in [0.4, 0.5) is 4.39 Å². The number of benzene rings is 3. The van der Waals surface area contributed by atoms with Gasteiger partial charge in [0.2, 0.25) is 0 Å². The molecule has 28 heavy (non-hydrogen) atoms. The minimum atomic E-state index is -0.319. The van der Waals surface area contributed by atoms with Crippen molar-refractivity contribution in [1.82, 2.24) is 5.32 Å². The first kappa shape index (κ1) is 19.7. The number of ether oxygens (including phenoxy) is 2. The number of carbonyl (C=O) groups is 1. The molecule has 0 aliphatic carbocycles. The highest BCUT2D eigenvalue weighted by atomic mass is 35.5. The Morgan fingerprint density at radius 3 is 2.25 bits per heavy atom. The van der Waals surface area contributed by atoms with Crippen molar-refractivity contribution < 1.29 is 18.7 Å². The highest BCUT2D eigenvalue weighted by Gasteiger charge is 2.06. The third kappa shape index (κ3) is 5.72. The van der Waals surface area contributed by atoms with Gasteiger partial charge < -0.3 is 14.8 Å². The Morgan fingerprint density at radius 1 is 0.893 bits per heavy atom. The van der Waals surface area contributed by atoms with Crippen LogP contribution in [0.1, 0.15) is 15.9 Å². The largest absolute Gasteiger partial charge is 0.492 e. The number of amides is 1. The quantitative estimate of drug-likeness (QED) is 0.550. The monoisotopic (exact) mass is 399 g/mol.